The van der Waals surface area contributed by atoms with Gasteiger partial charge in [-0.25, -0.2) is 0 Å². The van der Waals surface area contributed by atoms with Crippen molar-refractivity contribution < 1.29 is 38.6 Å². The number of cyclic esters (lactones) is 1. The van der Waals surface area contributed by atoms with Gasteiger partial charge in [0, 0.05) is 13.6 Å². The van der Waals surface area contributed by atoms with Crippen LogP contribution in [0.25, 0.3) is 0 Å². The molecule has 0 radical (unpaired) electrons. The summed E-state index contributed by atoms with van der Waals surface area (Å²) in [6.45, 7) is 6.07. The van der Waals surface area contributed by atoms with Gasteiger partial charge >= 0.3 is 5.97 Å². The zero-order valence-corrected chi connectivity index (χ0v) is 30.7. The molecule has 1 heterocycles. The molecular formula is C37H58N6O8. The first-order valence-corrected chi connectivity index (χ1v) is 18.4. The molecule has 1 aliphatic heterocycles. The molecule has 3 rings (SSSR count). The van der Waals surface area contributed by atoms with E-state index in [2.05, 4.69) is 28.2 Å². The Kier molecular flexibility index (Phi) is 16.3. The van der Waals surface area contributed by atoms with Crippen LogP contribution in [0.15, 0.2) is 24.3 Å². The number of nitrogens with one attached hydrogen (secondary N) is 4. The van der Waals surface area contributed by atoms with Crippen molar-refractivity contribution in [1.82, 2.24) is 26.2 Å². The fourth-order valence-corrected chi connectivity index (χ4v) is 6.82. The van der Waals surface area contributed by atoms with Crippen LogP contribution in [0.5, 0.6) is 0 Å². The normalized spacial score (nSPS) is 26.8. The number of carbonyl (C=O) groups is 6. The number of aliphatic hydroxyl groups excluding tert-OH is 1. The Hall–Kier alpha value is -4.04. The van der Waals surface area contributed by atoms with E-state index < -0.39 is 84.3 Å². The van der Waals surface area contributed by atoms with Gasteiger partial charge in [-0.1, -0.05) is 77.1 Å². The number of hydrogen-bond acceptors (Lipinski definition) is 9. The number of ether oxygens (including phenoxy) is 1. The molecule has 2 aliphatic rings. The van der Waals surface area contributed by atoms with Gasteiger partial charge in [0.2, 0.25) is 29.5 Å². The summed E-state index contributed by atoms with van der Waals surface area (Å²) in [5.74, 6) is -5.24. The number of likely N-dealkylation sites (N-methyl/N-ethyl adjacent to an activating group) is 1. The van der Waals surface area contributed by atoms with Crippen LogP contribution in [0.1, 0.15) is 90.2 Å². The van der Waals surface area contributed by atoms with Crippen LogP contribution in [0, 0.1) is 11.8 Å². The maximum Gasteiger partial charge on any atom is 0.325 e. The van der Waals surface area contributed by atoms with Crippen LogP contribution in [0.4, 0.5) is 0 Å². The second kappa shape index (κ2) is 20.1. The zero-order valence-electron chi connectivity index (χ0n) is 30.7. The lowest BCUT2D eigenvalue weighted by atomic mass is 9.93. The minimum Gasteiger partial charge on any atom is -0.460 e. The number of nitrogens with two attached hydrogens (primary N) is 1. The van der Waals surface area contributed by atoms with E-state index in [0.717, 1.165) is 36.8 Å². The van der Waals surface area contributed by atoms with Crippen molar-refractivity contribution in [1.29, 1.82) is 0 Å². The van der Waals surface area contributed by atoms with E-state index in [4.69, 9.17) is 10.5 Å². The van der Waals surface area contributed by atoms with Gasteiger partial charge in [-0.2, -0.15) is 0 Å². The minimum absolute atomic E-state index is 0.331. The molecule has 0 saturated carbocycles. The van der Waals surface area contributed by atoms with E-state index in [1.807, 2.05) is 31.2 Å². The van der Waals surface area contributed by atoms with Crippen molar-refractivity contribution in [3.63, 3.8) is 0 Å². The van der Waals surface area contributed by atoms with Crippen LogP contribution in [0.2, 0.25) is 0 Å². The predicted octanol–water partition coefficient (Wildman–Crippen LogP) is 0.861. The summed E-state index contributed by atoms with van der Waals surface area (Å²) in [6.07, 6.45) is 4.40. The maximum atomic E-state index is 14.2. The first-order chi connectivity index (χ1) is 24.3. The number of hydrogen-bond donors (Lipinski definition) is 6. The molecule has 1 fully saturated rings. The van der Waals surface area contributed by atoms with Gasteiger partial charge in [0.25, 0.3) is 0 Å². The van der Waals surface area contributed by atoms with Gasteiger partial charge in [0.15, 0.2) is 0 Å². The average molecular weight is 715 g/mol. The molecule has 5 amide bonds. The molecule has 14 heteroatoms. The van der Waals surface area contributed by atoms with Crippen LogP contribution in [-0.4, -0.2) is 102 Å². The Morgan fingerprint density at radius 3 is 2.10 bits per heavy atom. The van der Waals surface area contributed by atoms with Crippen molar-refractivity contribution in [3.05, 3.63) is 35.4 Å². The summed E-state index contributed by atoms with van der Waals surface area (Å²) in [7, 11) is 1.54. The van der Waals surface area contributed by atoms with Crippen molar-refractivity contribution in [2.75, 3.05) is 20.1 Å². The predicted molar refractivity (Wildman–Crippen MR) is 191 cm³/mol. The van der Waals surface area contributed by atoms with Crippen LogP contribution >= 0.6 is 0 Å². The van der Waals surface area contributed by atoms with Gasteiger partial charge in [-0.3, -0.25) is 28.8 Å². The van der Waals surface area contributed by atoms with Crippen molar-refractivity contribution in [3.8, 4) is 0 Å². The Labute approximate surface area is 301 Å². The number of fused-ring (bicyclic) bond motifs is 1. The molecular weight excluding hydrogens is 656 g/mol. The van der Waals surface area contributed by atoms with Gasteiger partial charge in [0.05, 0.1) is 12.0 Å². The molecule has 51 heavy (non-hydrogen) atoms. The molecule has 1 aromatic rings. The first-order valence-electron chi connectivity index (χ1n) is 18.4. The third-order valence-electron chi connectivity index (χ3n) is 9.99. The van der Waals surface area contributed by atoms with E-state index in [9.17, 15) is 33.9 Å². The molecule has 284 valence electrons. The molecule has 1 aliphatic carbocycles. The smallest absolute Gasteiger partial charge is 0.325 e. The standard InChI is InChI=1S/C37H58N6O8/c1-6-8-10-11-17-29-22(3)37(50)43(5)28(16-9-7-2)34(47)42-32(26-18-24-14-12-13-15-25(24)19-26)36(49)40-27(20-38)33(46)41-31(23(4)44)35(48)39-21-30(45)51-29/h12-15,22-23,26-29,31-32,44H,6-11,16-21,38H2,1-5H3,(H,39,48)(H,40,49)(H,41,46)(H,42,47)/t22-,23+,27+,28+,29-,31+,32+/m1/s1. The van der Waals surface area contributed by atoms with Gasteiger partial charge < -0.3 is 41.7 Å². The summed E-state index contributed by atoms with van der Waals surface area (Å²) in [5.41, 5.74) is 8.01. The Bertz CT molecular complexity index is 1350. The highest BCUT2D eigenvalue weighted by Crippen LogP contribution is 2.29. The SMILES string of the molecule is CCCCCC[C@H]1OC(=O)CNC(=O)[C@H]([C@H](C)O)NC(=O)[C@H](CN)NC(=O)[C@H](C2Cc3ccccc3C2)NC(=O)[C@H](CCCC)N(C)C(=O)[C@@H]1C. The van der Waals surface area contributed by atoms with Gasteiger partial charge in [-0.05, 0) is 56.1 Å². The first kappa shape index (κ1) is 41.4. The minimum atomic E-state index is -1.49. The molecule has 14 nitrogen and oxygen atoms in total. The largest absolute Gasteiger partial charge is 0.460 e. The highest BCUT2D eigenvalue weighted by molar-refractivity contribution is 5.96. The quantitative estimate of drug-likeness (QED) is 0.142. The number of unbranched alkanes of at least 4 members (excludes halogenated alkanes) is 4. The Morgan fingerprint density at radius 2 is 1.51 bits per heavy atom. The lowest BCUT2D eigenvalue weighted by Gasteiger charge is -2.34. The van der Waals surface area contributed by atoms with E-state index in [0.29, 0.717) is 38.5 Å². The topological polar surface area (TPSA) is 209 Å². The fraction of sp³-hybridized carbons (Fsp3) is 0.676. The zero-order chi connectivity index (χ0) is 37.7. The number of aliphatic hydroxyl groups is 1. The average Bonchev–Trinajstić information content (AvgIpc) is 3.54. The number of nitrogens with zero attached hydrogens (tertiary/aromatic N) is 1. The number of rotatable bonds is 11. The van der Waals surface area contributed by atoms with Crippen LogP contribution < -0.4 is 27.0 Å². The maximum absolute atomic E-state index is 14.2. The third kappa shape index (κ3) is 11.5. The number of esters is 1. The molecule has 7 atom stereocenters. The molecule has 7 N–H and O–H groups in total. The van der Waals surface area contributed by atoms with Gasteiger partial charge in [-0.15, -0.1) is 0 Å². The number of amides is 5. The number of benzene rings is 1. The van der Waals surface area contributed by atoms with Crippen LogP contribution in [0.3, 0.4) is 0 Å². The summed E-state index contributed by atoms with van der Waals surface area (Å²) >= 11 is 0. The Morgan fingerprint density at radius 1 is 0.863 bits per heavy atom. The summed E-state index contributed by atoms with van der Waals surface area (Å²) < 4.78 is 5.78. The lowest BCUT2D eigenvalue weighted by Crippen LogP contribution is -2.62. The molecule has 1 saturated heterocycles. The molecule has 1 aromatic carbocycles. The summed E-state index contributed by atoms with van der Waals surface area (Å²) in [6, 6.07) is 2.92. The van der Waals surface area contributed by atoms with Crippen molar-refractivity contribution in [2.24, 2.45) is 17.6 Å². The second-order valence-electron chi connectivity index (χ2n) is 13.9. The summed E-state index contributed by atoms with van der Waals surface area (Å²) in [4.78, 5) is 83.2. The molecule has 0 aromatic heterocycles. The van der Waals surface area contributed by atoms with E-state index in [1.54, 1.807) is 14.0 Å². The highest BCUT2D eigenvalue weighted by Gasteiger charge is 2.40. The monoisotopic (exact) mass is 714 g/mol. The lowest BCUT2D eigenvalue weighted by molar-refractivity contribution is -0.157. The fourth-order valence-electron chi connectivity index (χ4n) is 6.82. The highest BCUT2D eigenvalue weighted by atomic mass is 16.5. The third-order valence-corrected chi connectivity index (χ3v) is 9.99. The van der Waals surface area contributed by atoms with Gasteiger partial charge in [0.1, 0.15) is 36.8 Å². The van der Waals surface area contributed by atoms with E-state index in [1.165, 1.54) is 11.8 Å². The van der Waals surface area contributed by atoms with Crippen LogP contribution in [-0.2, 0) is 46.3 Å². The van der Waals surface area contributed by atoms with E-state index >= 15 is 0 Å². The molecule has 0 bridgehead atoms. The molecule has 0 spiro atoms. The second-order valence-corrected chi connectivity index (χ2v) is 13.9. The van der Waals surface area contributed by atoms with E-state index in [-0.39, 0.29) is 12.5 Å². The number of carbonyl (C=O) groups excluding carboxylic acids is 6. The summed E-state index contributed by atoms with van der Waals surface area (Å²) in [5, 5.41) is 20.8. The van der Waals surface area contributed by atoms with Crippen molar-refractivity contribution >= 4 is 35.5 Å². The molecule has 0 unspecified atom stereocenters. The Balaban J connectivity index is 2.04. The van der Waals surface area contributed by atoms with Crippen molar-refractivity contribution in [2.45, 2.75) is 128 Å².